The Morgan fingerprint density at radius 1 is 1.35 bits per heavy atom. The van der Waals surface area contributed by atoms with E-state index in [-0.39, 0.29) is 6.54 Å². The van der Waals surface area contributed by atoms with E-state index in [4.69, 9.17) is 19.7 Å². The quantitative estimate of drug-likeness (QED) is 0.440. The van der Waals surface area contributed by atoms with E-state index in [2.05, 4.69) is 15.0 Å². The number of aliphatic hydroxyl groups is 1. The molecule has 4 rings (SSSR count). The lowest BCUT2D eigenvalue weighted by atomic mass is 9.96. The van der Waals surface area contributed by atoms with Crippen LogP contribution in [0.25, 0.3) is 10.4 Å². The van der Waals surface area contributed by atoms with Gasteiger partial charge in [-0.15, -0.1) is 0 Å². The van der Waals surface area contributed by atoms with Gasteiger partial charge in [-0.3, -0.25) is 14.3 Å². The van der Waals surface area contributed by atoms with E-state index in [1.807, 2.05) is 0 Å². The minimum atomic E-state index is -1.33. The maximum absolute atomic E-state index is 12.2. The molecule has 1 aliphatic carbocycles. The molecule has 0 aromatic carbocycles. The molecule has 1 aromatic heterocycles. The average Bonchev–Trinajstić information content (AvgIpc) is 3.30. The highest BCUT2D eigenvalue weighted by Gasteiger charge is 2.65. The van der Waals surface area contributed by atoms with Gasteiger partial charge in [-0.2, -0.15) is 0 Å². The summed E-state index contributed by atoms with van der Waals surface area (Å²) < 4.78 is 19.5. The molecular weight excluding hydrogens is 346 g/mol. The number of aromatic nitrogens is 2. The third kappa shape index (κ3) is 2.56. The summed E-state index contributed by atoms with van der Waals surface area (Å²) in [6, 6.07) is 1.20. The standard InChI is InChI=1S/C15H19N5O6/c16-19-17-7-14(8-21)11-10(24-15(25-11)4-1-2-5-15)12(26-14)20-6-3-9(22)18-13(20)23/h3,6,10-12,21H,1-2,4-5,7-8H2,(H,18,22,23)/t10-,11+,12-,14-/m1/s1. The van der Waals surface area contributed by atoms with Gasteiger partial charge in [0.25, 0.3) is 5.56 Å². The molecule has 4 atom stereocenters. The lowest BCUT2D eigenvalue weighted by molar-refractivity contribution is -0.237. The summed E-state index contributed by atoms with van der Waals surface area (Å²) in [7, 11) is 0. The second-order valence-corrected chi connectivity index (χ2v) is 6.88. The molecular formula is C15H19N5O6. The summed E-state index contributed by atoms with van der Waals surface area (Å²) >= 11 is 0. The van der Waals surface area contributed by atoms with E-state index < -0.39 is 47.7 Å². The van der Waals surface area contributed by atoms with Gasteiger partial charge in [0.2, 0.25) is 0 Å². The zero-order valence-electron chi connectivity index (χ0n) is 13.9. The second-order valence-electron chi connectivity index (χ2n) is 6.88. The Balaban J connectivity index is 1.76. The van der Waals surface area contributed by atoms with Crippen LogP contribution in [-0.4, -0.2) is 51.4 Å². The molecule has 1 saturated carbocycles. The van der Waals surface area contributed by atoms with Crippen molar-refractivity contribution in [1.29, 1.82) is 0 Å². The van der Waals surface area contributed by atoms with Crippen LogP contribution in [0.1, 0.15) is 31.9 Å². The van der Waals surface area contributed by atoms with Crippen LogP contribution in [0.3, 0.4) is 0 Å². The van der Waals surface area contributed by atoms with E-state index in [9.17, 15) is 14.7 Å². The number of nitrogens with zero attached hydrogens (tertiary/aromatic N) is 4. The van der Waals surface area contributed by atoms with Crippen LogP contribution in [0.4, 0.5) is 0 Å². The molecule has 3 fully saturated rings. The van der Waals surface area contributed by atoms with Crippen LogP contribution >= 0.6 is 0 Å². The molecule has 26 heavy (non-hydrogen) atoms. The number of rotatable bonds is 4. The van der Waals surface area contributed by atoms with Crippen molar-refractivity contribution >= 4 is 0 Å². The Labute approximate surface area is 147 Å². The van der Waals surface area contributed by atoms with E-state index >= 15 is 0 Å². The fraction of sp³-hybridized carbons (Fsp3) is 0.733. The molecule has 2 N–H and O–H groups in total. The molecule has 11 heteroatoms. The fourth-order valence-corrected chi connectivity index (χ4v) is 4.07. The van der Waals surface area contributed by atoms with Gasteiger partial charge in [0, 0.05) is 30.0 Å². The first-order valence-electron chi connectivity index (χ1n) is 8.49. The average molecular weight is 365 g/mol. The molecule has 3 aliphatic rings. The van der Waals surface area contributed by atoms with Crippen molar-refractivity contribution in [3.63, 3.8) is 0 Å². The molecule has 1 spiro atoms. The van der Waals surface area contributed by atoms with Gasteiger partial charge < -0.3 is 19.3 Å². The molecule has 0 unspecified atom stereocenters. The van der Waals surface area contributed by atoms with Gasteiger partial charge in [-0.25, -0.2) is 4.79 Å². The van der Waals surface area contributed by atoms with Crippen LogP contribution in [0.15, 0.2) is 27.0 Å². The fourth-order valence-electron chi connectivity index (χ4n) is 4.07. The number of aromatic amines is 1. The minimum absolute atomic E-state index is 0.171. The number of nitrogens with one attached hydrogen (secondary N) is 1. The van der Waals surface area contributed by atoms with Gasteiger partial charge in [0.05, 0.1) is 13.2 Å². The maximum atomic E-state index is 12.2. The summed E-state index contributed by atoms with van der Waals surface area (Å²) in [6.45, 7) is -0.642. The maximum Gasteiger partial charge on any atom is 0.330 e. The topological polar surface area (TPSA) is 152 Å². The van der Waals surface area contributed by atoms with Crippen LogP contribution in [-0.2, 0) is 14.2 Å². The number of H-pyrrole nitrogens is 1. The van der Waals surface area contributed by atoms with Crippen molar-refractivity contribution in [3.05, 3.63) is 43.5 Å². The summed E-state index contributed by atoms with van der Waals surface area (Å²) in [5.41, 5.74) is 6.18. The highest BCUT2D eigenvalue weighted by molar-refractivity contribution is 5.09. The molecule has 0 amide bonds. The first-order valence-corrected chi connectivity index (χ1v) is 8.49. The van der Waals surface area contributed by atoms with Crippen molar-refractivity contribution in [1.82, 2.24) is 9.55 Å². The number of hydrogen-bond acceptors (Lipinski definition) is 7. The van der Waals surface area contributed by atoms with Crippen molar-refractivity contribution in [2.45, 2.75) is 55.5 Å². The molecule has 11 nitrogen and oxygen atoms in total. The molecule has 3 heterocycles. The molecule has 2 saturated heterocycles. The van der Waals surface area contributed by atoms with Crippen molar-refractivity contribution < 1.29 is 19.3 Å². The molecule has 0 bridgehead atoms. The summed E-state index contributed by atoms with van der Waals surface area (Å²) in [5.74, 6) is -0.778. The van der Waals surface area contributed by atoms with Crippen LogP contribution in [0.5, 0.6) is 0 Å². The highest BCUT2D eigenvalue weighted by atomic mass is 16.8. The Morgan fingerprint density at radius 3 is 2.77 bits per heavy atom. The summed E-state index contributed by atoms with van der Waals surface area (Å²) in [6.07, 6.45) is 2.31. The zero-order chi connectivity index (χ0) is 18.4. The van der Waals surface area contributed by atoms with Crippen LogP contribution in [0, 0.1) is 0 Å². The number of aliphatic hydroxyl groups excluding tert-OH is 1. The number of ether oxygens (including phenoxy) is 3. The van der Waals surface area contributed by atoms with Crippen molar-refractivity contribution in [3.8, 4) is 0 Å². The molecule has 140 valence electrons. The van der Waals surface area contributed by atoms with E-state index in [0.717, 1.165) is 12.8 Å². The van der Waals surface area contributed by atoms with Crippen LogP contribution in [0.2, 0.25) is 0 Å². The number of hydrogen-bond donors (Lipinski definition) is 2. The third-order valence-electron chi connectivity index (χ3n) is 5.31. The predicted molar refractivity (Wildman–Crippen MR) is 86.2 cm³/mol. The third-order valence-corrected chi connectivity index (χ3v) is 5.31. The van der Waals surface area contributed by atoms with Gasteiger partial charge in [-0.1, -0.05) is 5.11 Å². The first-order chi connectivity index (χ1) is 12.5. The Hall–Kier alpha value is -2.17. The number of azide groups is 1. The normalized spacial score (nSPS) is 34.7. The predicted octanol–water partition coefficient (Wildman–Crippen LogP) is 0.161. The van der Waals surface area contributed by atoms with Crippen molar-refractivity contribution in [2.24, 2.45) is 5.11 Å². The smallest absolute Gasteiger partial charge is 0.330 e. The van der Waals surface area contributed by atoms with Gasteiger partial charge in [0.1, 0.15) is 17.8 Å². The van der Waals surface area contributed by atoms with Gasteiger partial charge in [-0.05, 0) is 18.4 Å². The SMILES string of the molecule is [N-]=[N+]=NC[C@]1(CO)O[C@@H](n2ccc(=O)[nH]c2=O)[C@@H]2OC3(CCCC3)O[C@@H]21. The van der Waals surface area contributed by atoms with Gasteiger partial charge in [0.15, 0.2) is 12.0 Å². The number of fused-ring (bicyclic) bond motifs is 1. The summed E-state index contributed by atoms with van der Waals surface area (Å²) in [4.78, 5) is 28.5. The Morgan fingerprint density at radius 2 is 2.12 bits per heavy atom. The monoisotopic (exact) mass is 365 g/mol. The lowest BCUT2D eigenvalue weighted by Gasteiger charge is -2.33. The highest BCUT2D eigenvalue weighted by Crippen LogP contribution is 2.52. The summed E-state index contributed by atoms with van der Waals surface area (Å²) in [5, 5.41) is 13.6. The Kier molecular flexibility index (Phi) is 4.13. The lowest BCUT2D eigenvalue weighted by Crippen LogP contribution is -2.49. The first kappa shape index (κ1) is 17.3. The van der Waals surface area contributed by atoms with Crippen LogP contribution < -0.4 is 11.2 Å². The van der Waals surface area contributed by atoms with E-state index in [1.165, 1.54) is 16.8 Å². The second kappa shape index (κ2) is 6.22. The van der Waals surface area contributed by atoms with E-state index in [1.54, 1.807) is 0 Å². The zero-order valence-corrected chi connectivity index (χ0v) is 13.9. The Bertz CT molecular complexity index is 855. The largest absolute Gasteiger partial charge is 0.393 e. The molecule has 0 radical (unpaired) electrons. The molecule has 1 aromatic rings. The van der Waals surface area contributed by atoms with Gasteiger partial charge >= 0.3 is 5.69 Å². The molecule has 2 aliphatic heterocycles. The van der Waals surface area contributed by atoms with Crippen molar-refractivity contribution in [2.75, 3.05) is 13.2 Å². The minimum Gasteiger partial charge on any atom is -0.393 e. The van der Waals surface area contributed by atoms with E-state index in [0.29, 0.717) is 12.8 Å².